The second-order valence-corrected chi connectivity index (χ2v) is 10.6. The molecule has 1 fully saturated rings. The monoisotopic (exact) mass is 491 g/mol. The number of carbonyl (C=O) groups excluding carboxylic acids is 2. The zero-order chi connectivity index (χ0) is 24.8. The van der Waals surface area contributed by atoms with Crippen LogP contribution >= 0.6 is 0 Å². The lowest BCUT2D eigenvalue weighted by atomic mass is 9.98. The SMILES string of the molecule is C=CC(=O)NCC1CCN(S(=O)(=O)c2ccc(C(=O)NCc3cccc4ccccc34)cc2)CC1. The summed E-state index contributed by atoms with van der Waals surface area (Å²) in [6.07, 6.45) is 2.57. The second-order valence-electron chi connectivity index (χ2n) is 8.64. The van der Waals surface area contributed by atoms with Crippen LogP contribution in [-0.4, -0.2) is 44.2 Å². The van der Waals surface area contributed by atoms with Crippen molar-refractivity contribution in [1.29, 1.82) is 0 Å². The van der Waals surface area contributed by atoms with E-state index < -0.39 is 10.0 Å². The van der Waals surface area contributed by atoms with E-state index in [1.165, 1.54) is 22.5 Å². The Labute approximate surface area is 205 Å². The third-order valence-electron chi connectivity index (χ3n) is 6.40. The van der Waals surface area contributed by atoms with E-state index in [4.69, 9.17) is 0 Å². The van der Waals surface area contributed by atoms with Crippen LogP contribution < -0.4 is 10.6 Å². The predicted molar refractivity (Wildman–Crippen MR) is 136 cm³/mol. The van der Waals surface area contributed by atoms with Crippen molar-refractivity contribution in [1.82, 2.24) is 14.9 Å². The maximum absolute atomic E-state index is 13.1. The Morgan fingerprint density at radius 1 is 0.943 bits per heavy atom. The van der Waals surface area contributed by atoms with E-state index in [0.29, 0.717) is 44.6 Å². The standard InChI is InChI=1S/C27H29N3O4S/c1-2-26(31)28-18-20-14-16-30(17-15-20)35(33,34)24-12-10-22(11-13-24)27(32)29-19-23-8-5-7-21-6-3-4-9-25(21)23/h2-13,20H,1,14-19H2,(H,28,31)(H,29,32). The van der Waals surface area contributed by atoms with Crippen LogP contribution in [0.4, 0.5) is 0 Å². The lowest BCUT2D eigenvalue weighted by Gasteiger charge is -2.31. The summed E-state index contributed by atoms with van der Waals surface area (Å²) in [5, 5.41) is 7.89. The van der Waals surface area contributed by atoms with Crippen LogP contribution in [0, 0.1) is 5.92 Å². The molecule has 0 bridgehead atoms. The van der Waals surface area contributed by atoms with E-state index in [0.717, 1.165) is 16.3 Å². The molecule has 2 amide bonds. The average Bonchev–Trinajstić information content (AvgIpc) is 2.90. The average molecular weight is 492 g/mol. The molecule has 3 aromatic carbocycles. The summed E-state index contributed by atoms with van der Waals surface area (Å²) in [7, 11) is -3.65. The van der Waals surface area contributed by atoms with Crippen LogP contribution in [0.5, 0.6) is 0 Å². The zero-order valence-electron chi connectivity index (χ0n) is 19.4. The number of amides is 2. The van der Waals surface area contributed by atoms with Crippen molar-refractivity contribution in [2.45, 2.75) is 24.3 Å². The largest absolute Gasteiger partial charge is 0.352 e. The summed E-state index contributed by atoms with van der Waals surface area (Å²) in [5.41, 5.74) is 1.42. The summed E-state index contributed by atoms with van der Waals surface area (Å²) in [6.45, 7) is 5.11. The third kappa shape index (κ3) is 5.78. The molecular weight excluding hydrogens is 462 g/mol. The molecular formula is C27H29N3O4S. The van der Waals surface area contributed by atoms with Crippen LogP contribution in [0.2, 0.25) is 0 Å². The molecule has 0 aromatic heterocycles. The second kappa shape index (κ2) is 10.8. The van der Waals surface area contributed by atoms with E-state index in [1.54, 1.807) is 12.1 Å². The first-order chi connectivity index (χ1) is 16.9. The molecule has 0 saturated carbocycles. The Balaban J connectivity index is 1.35. The number of hydrogen-bond donors (Lipinski definition) is 2. The van der Waals surface area contributed by atoms with Gasteiger partial charge in [0.15, 0.2) is 0 Å². The number of piperidine rings is 1. The molecule has 0 unspecified atom stereocenters. The summed E-state index contributed by atoms with van der Waals surface area (Å²) >= 11 is 0. The quantitative estimate of drug-likeness (QED) is 0.472. The van der Waals surface area contributed by atoms with E-state index in [9.17, 15) is 18.0 Å². The van der Waals surface area contributed by atoms with Gasteiger partial charge >= 0.3 is 0 Å². The molecule has 1 saturated heterocycles. The van der Waals surface area contributed by atoms with Gasteiger partial charge in [0.1, 0.15) is 0 Å². The summed E-state index contributed by atoms with van der Waals surface area (Å²) in [4.78, 5) is 24.2. The van der Waals surface area contributed by atoms with Gasteiger partial charge in [-0.25, -0.2) is 8.42 Å². The fourth-order valence-corrected chi connectivity index (χ4v) is 5.79. The minimum Gasteiger partial charge on any atom is -0.352 e. The maximum atomic E-state index is 13.1. The highest BCUT2D eigenvalue weighted by Gasteiger charge is 2.29. The lowest BCUT2D eigenvalue weighted by molar-refractivity contribution is -0.116. The molecule has 3 aromatic rings. The van der Waals surface area contributed by atoms with Gasteiger partial charge in [-0.15, -0.1) is 0 Å². The normalized spacial score (nSPS) is 15.0. The minimum absolute atomic E-state index is 0.168. The van der Waals surface area contributed by atoms with Gasteiger partial charge in [0.05, 0.1) is 4.90 Å². The Kier molecular flexibility index (Phi) is 7.63. The third-order valence-corrected chi connectivity index (χ3v) is 8.31. The molecule has 1 aliphatic heterocycles. The Morgan fingerprint density at radius 2 is 1.63 bits per heavy atom. The summed E-state index contributed by atoms with van der Waals surface area (Å²) < 4.78 is 27.6. The highest BCUT2D eigenvalue weighted by Crippen LogP contribution is 2.24. The van der Waals surface area contributed by atoms with E-state index >= 15 is 0 Å². The molecule has 8 heteroatoms. The molecule has 1 heterocycles. The number of rotatable bonds is 8. The molecule has 1 aliphatic rings. The van der Waals surface area contributed by atoms with Gasteiger partial charge in [-0.1, -0.05) is 49.0 Å². The first-order valence-corrected chi connectivity index (χ1v) is 13.1. The van der Waals surface area contributed by atoms with Crippen LogP contribution in [0.15, 0.2) is 84.3 Å². The molecule has 0 spiro atoms. The first kappa shape index (κ1) is 24.6. The van der Waals surface area contributed by atoms with Crippen molar-refractivity contribution in [2.75, 3.05) is 19.6 Å². The number of nitrogens with zero attached hydrogens (tertiary/aromatic N) is 1. The molecule has 35 heavy (non-hydrogen) atoms. The van der Waals surface area contributed by atoms with Crippen LogP contribution in [-0.2, 0) is 21.4 Å². The number of nitrogens with one attached hydrogen (secondary N) is 2. The highest BCUT2D eigenvalue weighted by molar-refractivity contribution is 7.89. The summed E-state index contributed by atoms with van der Waals surface area (Å²) in [6, 6.07) is 20.0. The molecule has 0 radical (unpaired) electrons. The minimum atomic E-state index is -3.65. The molecule has 182 valence electrons. The van der Waals surface area contributed by atoms with Crippen LogP contribution in [0.3, 0.4) is 0 Å². The molecule has 7 nitrogen and oxygen atoms in total. The fourth-order valence-electron chi connectivity index (χ4n) is 4.32. The van der Waals surface area contributed by atoms with Gasteiger partial charge < -0.3 is 10.6 Å². The van der Waals surface area contributed by atoms with E-state index in [2.05, 4.69) is 17.2 Å². The molecule has 0 aliphatic carbocycles. The van der Waals surface area contributed by atoms with Gasteiger partial charge in [0, 0.05) is 31.7 Å². The van der Waals surface area contributed by atoms with Crippen molar-refractivity contribution in [3.8, 4) is 0 Å². The van der Waals surface area contributed by atoms with Gasteiger partial charge in [0.25, 0.3) is 5.91 Å². The Bertz CT molecular complexity index is 1320. The number of sulfonamides is 1. The van der Waals surface area contributed by atoms with Crippen molar-refractivity contribution >= 4 is 32.6 Å². The van der Waals surface area contributed by atoms with Gasteiger partial charge in [-0.3, -0.25) is 9.59 Å². The van der Waals surface area contributed by atoms with Crippen LogP contribution in [0.25, 0.3) is 10.8 Å². The Hall–Kier alpha value is -3.49. The van der Waals surface area contributed by atoms with Gasteiger partial charge in [0.2, 0.25) is 15.9 Å². The molecule has 0 atom stereocenters. The smallest absolute Gasteiger partial charge is 0.251 e. The molecule has 2 N–H and O–H groups in total. The van der Waals surface area contributed by atoms with Crippen molar-refractivity contribution < 1.29 is 18.0 Å². The highest BCUT2D eigenvalue weighted by atomic mass is 32.2. The topological polar surface area (TPSA) is 95.6 Å². The number of fused-ring (bicyclic) bond motifs is 1. The predicted octanol–water partition coefficient (Wildman–Crippen LogP) is 3.47. The molecule has 4 rings (SSSR count). The fraction of sp³-hybridized carbons (Fsp3) is 0.259. The van der Waals surface area contributed by atoms with E-state index in [1.807, 2.05) is 42.5 Å². The zero-order valence-corrected chi connectivity index (χ0v) is 20.3. The number of carbonyl (C=O) groups is 2. The van der Waals surface area contributed by atoms with Crippen molar-refractivity contribution in [3.05, 3.63) is 90.5 Å². The van der Waals surface area contributed by atoms with Gasteiger partial charge in [-0.05, 0) is 65.4 Å². The number of benzene rings is 3. The Morgan fingerprint density at radius 3 is 2.34 bits per heavy atom. The first-order valence-electron chi connectivity index (χ1n) is 11.6. The lowest BCUT2D eigenvalue weighted by Crippen LogP contribution is -2.41. The number of hydrogen-bond acceptors (Lipinski definition) is 4. The van der Waals surface area contributed by atoms with Crippen molar-refractivity contribution in [2.24, 2.45) is 5.92 Å². The summed E-state index contributed by atoms with van der Waals surface area (Å²) in [5.74, 6) is -0.247. The van der Waals surface area contributed by atoms with Crippen molar-refractivity contribution in [3.63, 3.8) is 0 Å². The van der Waals surface area contributed by atoms with Gasteiger partial charge in [-0.2, -0.15) is 4.31 Å². The maximum Gasteiger partial charge on any atom is 0.251 e. The van der Waals surface area contributed by atoms with Crippen LogP contribution in [0.1, 0.15) is 28.8 Å². The van der Waals surface area contributed by atoms with E-state index in [-0.39, 0.29) is 22.6 Å².